The van der Waals surface area contributed by atoms with Crippen LogP contribution in [0.3, 0.4) is 0 Å². The van der Waals surface area contributed by atoms with Crippen LogP contribution in [0.2, 0.25) is 6.04 Å². The van der Waals surface area contributed by atoms with Crippen LogP contribution in [0.25, 0.3) is 0 Å². The molecule has 0 heterocycles. The third-order valence-corrected chi connectivity index (χ3v) is 6.27. The average Bonchev–Trinajstić information content (AvgIpc) is 2.31. The van der Waals surface area contributed by atoms with Gasteiger partial charge in [0.05, 0.1) is 0 Å². The molecule has 0 aliphatic rings. The summed E-state index contributed by atoms with van der Waals surface area (Å²) in [6.45, 7) is 10.1. The predicted molar refractivity (Wildman–Crippen MR) is 67.6 cm³/mol. The quantitative estimate of drug-likeness (QED) is 0.363. The maximum atomic E-state index is 12.2. The molecule has 0 aliphatic heterocycles. The third kappa shape index (κ3) is 5.54. The minimum absolute atomic E-state index is 0.0406. The summed E-state index contributed by atoms with van der Waals surface area (Å²) in [6, 6.07) is 0.353. The Hall–Kier alpha value is -1.02. The van der Waals surface area contributed by atoms with E-state index in [1.54, 1.807) is 17.1 Å². The molecule has 0 aromatic heterocycles. The zero-order valence-electron chi connectivity index (χ0n) is 10.7. The summed E-state index contributed by atoms with van der Waals surface area (Å²) in [5.41, 5.74) is 4.83. The van der Waals surface area contributed by atoms with Crippen LogP contribution >= 0.6 is 0 Å². The van der Waals surface area contributed by atoms with E-state index >= 15 is 0 Å². The lowest BCUT2D eigenvalue weighted by atomic mass is 10.3. The minimum atomic E-state index is -5.47. The first-order chi connectivity index (χ1) is 9.02. The summed E-state index contributed by atoms with van der Waals surface area (Å²) >= 11 is 0. The SMILES string of the molecule is C=C[Si](C=C)(C=C)CCCOC(C(F)(F)F)C(F)(F)F. The molecular formula is C12H16F6OSi. The zero-order valence-corrected chi connectivity index (χ0v) is 11.7. The largest absolute Gasteiger partial charge is 0.423 e. The van der Waals surface area contributed by atoms with E-state index in [4.69, 9.17) is 0 Å². The molecule has 0 unspecified atom stereocenters. The molecule has 0 atom stereocenters. The van der Waals surface area contributed by atoms with Crippen molar-refractivity contribution < 1.29 is 31.1 Å². The first-order valence-corrected chi connectivity index (χ1v) is 8.12. The molecule has 0 aliphatic carbocycles. The lowest BCUT2D eigenvalue weighted by molar-refractivity contribution is -0.321. The van der Waals surface area contributed by atoms with Gasteiger partial charge in [-0.15, -0.1) is 19.7 Å². The molecule has 0 bridgehead atoms. The van der Waals surface area contributed by atoms with Crippen LogP contribution in [-0.4, -0.2) is 33.1 Å². The van der Waals surface area contributed by atoms with Crippen molar-refractivity contribution in [1.82, 2.24) is 0 Å². The molecule has 0 aromatic carbocycles. The molecule has 116 valence electrons. The van der Waals surface area contributed by atoms with Gasteiger partial charge >= 0.3 is 12.4 Å². The molecule has 0 saturated heterocycles. The van der Waals surface area contributed by atoms with E-state index in [0.29, 0.717) is 6.04 Å². The smallest absolute Gasteiger partial charge is 0.361 e. The summed E-state index contributed by atoms with van der Waals surface area (Å²) in [5, 5.41) is 0. The topological polar surface area (TPSA) is 9.23 Å². The van der Waals surface area contributed by atoms with Crippen LogP contribution in [0.5, 0.6) is 0 Å². The standard InChI is InChI=1S/C12H16F6OSi/c1-4-20(5-2,6-3)9-7-8-19-10(11(13,14)15)12(16,17)18/h4-6,10H,1-3,7-9H2. The fourth-order valence-corrected chi connectivity index (χ4v) is 3.38. The number of rotatable bonds is 8. The van der Waals surface area contributed by atoms with Gasteiger partial charge < -0.3 is 4.74 Å². The Kier molecular flexibility index (Phi) is 6.76. The summed E-state index contributed by atoms with van der Waals surface area (Å²) in [6.07, 6.45) is -14.6. The Morgan fingerprint density at radius 1 is 0.900 bits per heavy atom. The van der Waals surface area contributed by atoms with Crippen LogP contribution in [-0.2, 0) is 4.74 Å². The van der Waals surface area contributed by atoms with Crippen molar-refractivity contribution in [2.24, 2.45) is 0 Å². The van der Waals surface area contributed by atoms with E-state index in [1.165, 1.54) is 0 Å². The first kappa shape index (κ1) is 19.0. The molecule has 0 aromatic rings. The number of halogens is 6. The molecule has 1 nitrogen and oxygen atoms in total. The second-order valence-corrected chi connectivity index (χ2v) is 8.11. The monoisotopic (exact) mass is 318 g/mol. The Morgan fingerprint density at radius 3 is 1.60 bits per heavy atom. The van der Waals surface area contributed by atoms with Crippen molar-refractivity contribution in [3.8, 4) is 0 Å². The highest BCUT2D eigenvalue weighted by molar-refractivity contribution is 6.93. The Morgan fingerprint density at radius 2 is 1.30 bits per heavy atom. The number of alkyl halides is 6. The van der Waals surface area contributed by atoms with Crippen molar-refractivity contribution in [2.45, 2.75) is 30.9 Å². The molecule has 0 saturated carbocycles. The van der Waals surface area contributed by atoms with Crippen molar-refractivity contribution >= 4 is 8.07 Å². The Bertz CT molecular complexity index is 311. The van der Waals surface area contributed by atoms with E-state index in [0.717, 1.165) is 0 Å². The zero-order chi connectivity index (χ0) is 16.0. The third-order valence-electron chi connectivity index (χ3n) is 2.77. The summed E-state index contributed by atoms with van der Waals surface area (Å²) in [7, 11) is -2.23. The Labute approximate surface area is 114 Å². The fourth-order valence-electron chi connectivity index (χ4n) is 1.51. The maximum absolute atomic E-state index is 12.2. The maximum Gasteiger partial charge on any atom is 0.423 e. The molecular weight excluding hydrogens is 302 g/mol. The lowest BCUT2D eigenvalue weighted by Gasteiger charge is -2.24. The second-order valence-electron chi connectivity index (χ2n) is 4.16. The van der Waals surface area contributed by atoms with Crippen LogP contribution in [0.1, 0.15) is 6.42 Å². The highest BCUT2D eigenvalue weighted by Crippen LogP contribution is 2.35. The van der Waals surface area contributed by atoms with E-state index in [-0.39, 0.29) is 6.42 Å². The van der Waals surface area contributed by atoms with Crippen molar-refractivity contribution in [3.63, 3.8) is 0 Å². The van der Waals surface area contributed by atoms with Gasteiger partial charge in [0.1, 0.15) is 8.07 Å². The van der Waals surface area contributed by atoms with Crippen molar-refractivity contribution in [1.29, 1.82) is 0 Å². The van der Waals surface area contributed by atoms with Gasteiger partial charge in [-0.25, -0.2) is 0 Å². The molecule has 0 fully saturated rings. The van der Waals surface area contributed by atoms with Crippen LogP contribution in [0, 0.1) is 0 Å². The summed E-state index contributed by atoms with van der Waals surface area (Å²) in [5.74, 6) is 0. The second kappa shape index (κ2) is 7.12. The van der Waals surface area contributed by atoms with Crippen molar-refractivity contribution in [2.75, 3.05) is 6.61 Å². The van der Waals surface area contributed by atoms with E-state index in [9.17, 15) is 26.3 Å². The molecule has 20 heavy (non-hydrogen) atoms. The fraction of sp³-hybridized carbons (Fsp3) is 0.500. The first-order valence-electron chi connectivity index (χ1n) is 5.68. The number of ether oxygens (including phenoxy) is 1. The van der Waals surface area contributed by atoms with Gasteiger partial charge in [-0.05, 0) is 12.5 Å². The van der Waals surface area contributed by atoms with Crippen LogP contribution in [0.4, 0.5) is 26.3 Å². The number of hydrogen-bond acceptors (Lipinski definition) is 1. The molecule has 8 heteroatoms. The van der Waals surface area contributed by atoms with Gasteiger partial charge in [0, 0.05) is 6.61 Å². The molecule has 0 spiro atoms. The highest BCUT2D eigenvalue weighted by Gasteiger charge is 2.57. The minimum Gasteiger partial charge on any atom is -0.361 e. The summed E-state index contributed by atoms with van der Waals surface area (Å²) in [4.78, 5) is 0. The van der Waals surface area contributed by atoms with Gasteiger partial charge in [0.25, 0.3) is 0 Å². The van der Waals surface area contributed by atoms with E-state index in [2.05, 4.69) is 24.5 Å². The Balaban J connectivity index is 4.51. The van der Waals surface area contributed by atoms with Gasteiger partial charge in [0.2, 0.25) is 6.10 Å². The number of hydrogen-bond donors (Lipinski definition) is 0. The average molecular weight is 318 g/mol. The molecule has 0 rings (SSSR count). The molecule has 0 amide bonds. The molecule has 0 N–H and O–H groups in total. The van der Waals surface area contributed by atoms with Gasteiger partial charge in [-0.1, -0.05) is 17.1 Å². The lowest BCUT2D eigenvalue weighted by Crippen LogP contribution is -2.44. The van der Waals surface area contributed by atoms with E-state index < -0.39 is 33.1 Å². The van der Waals surface area contributed by atoms with Crippen LogP contribution in [0.15, 0.2) is 36.8 Å². The normalized spacial score (nSPS) is 13.3. The predicted octanol–water partition coefficient (Wildman–Crippen LogP) is 4.51. The van der Waals surface area contributed by atoms with Gasteiger partial charge in [-0.2, -0.15) is 26.3 Å². The van der Waals surface area contributed by atoms with Crippen LogP contribution < -0.4 is 0 Å². The van der Waals surface area contributed by atoms with Gasteiger partial charge in [-0.3, -0.25) is 0 Å². The summed E-state index contributed by atoms with van der Waals surface area (Å²) < 4.78 is 77.1. The van der Waals surface area contributed by atoms with E-state index in [1.807, 2.05) is 0 Å². The highest BCUT2D eigenvalue weighted by atomic mass is 28.3. The van der Waals surface area contributed by atoms with Gasteiger partial charge in [0.15, 0.2) is 0 Å². The molecule has 0 radical (unpaired) electrons. The van der Waals surface area contributed by atoms with Crippen molar-refractivity contribution in [3.05, 3.63) is 36.8 Å².